The first kappa shape index (κ1) is 20.9. The Labute approximate surface area is 172 Å². The molecule has 2 aliphatic heterocycles. The first-order valence-electron chi connectivity index (χ1n) is 10.2. The van der Waals surface area contributed by atoms with E-state index in [0.717, 1.165) is 19.5 Å². The molecule has 0 aliphatic carbocycles. The van der Waals surface area contributed by atoms with Crippen molar-refractivity contribution < 1.29 is 23.1 Å². The summed E-state index contributed by atoms with van der Waals surface area (Å²) >= 11 is 0. The van der Waals surface area contributed by atoms with Crippen LogP contribution in [0.1, 0.15) is 33.9 Å². The van der Waals surface area contributed by atoms with Crippen LogP contribution in [-0.2, 0) is 25.9 Å². The number of hydrogen-bond donors (Lipinski definition) is 2. The largest absolute Gasteiger partial charge is 0.393 e. The Balaban J connectivity index is 1.28. The van der Waals surface area contributed by atoms with Crippen LogP contribution in [0.3, 0.4) is 0 Å². The van der Waals surface area contributed by atoms with E-state index in [9.17, 15) is 23.1 Å². The number of aryl methyl sites for hydroxylation is 1. The molecule has 1 aromatic heterocycles. The summed E-state index contributed by atoms with van der Waals surface area (Å²) in [5, 5.41) is 13.0. The molecule has 9 heteroatoms. The highest BCUT2D eigenvalue weighted by atomic mass is 19.4. The lowest BCUT2D eigenvalue weighted by molar-refractivity contribution is -0.182. The van der Waals surface area contributed by atoms with Gasteiger partial charge < -0.3 is 15.0 Å². The number of aliphatic hydroxyl groups excluding tert-OH is 1. The lowest BCUT2D eigenvalue weighted by Crippen LogP contribution is -2.42. The summed E-state index contributed by atoms with van der Waals surface area (Å²) in [5.41, 5.74) is 2.67. The van der Waals surface area contributed by atoms with Crippen molar-refractivity contribution in [3.05, 3.63) is 53.1 Å². The smallest absolute Gasteiger partial charge is 0.390 e. The van der Waals surface area contributed by atoms with Crippen LogP contribution in [0.25, 0.3) is 0 Å². The Bertz CT molecular complexity index is 912. The van der Waals surface area contributed by atoms with Gasteiger partial charge in [-0.25, -0.2) is 4.98 Å². The first-order chi connectivity index (χ1) is 14.3. The number of carbonyl (C=O) groups excluding carboxylic acids is 1. The molecule has 6 nitrogen and oxygen atoms in total. The third kappa shape index (κ3) is 4.67. The molecule has 4 rings (SSSR count). The molecule has 3 heterocycles. The fourth-order valence-corrected chi connectivity index (χ4v) is 4.19. The molecular weight excluding hydrogens is 397 g/mol. The fraction of sp³-hybridized carbons (Fsp3) is 0.524. The van der Waals surface area contributed by atoms with Crippen LogP contribution in [0, 0.1) is 5.92 Å². The van der Waals surface area contributed by atoms with Gasteiger partial charge in [0.1, 0.15) is 11.5 Å². The zero-order chi connectivity index (χ0) is 21.3. The zero-order valence-electron chi connectivity index (χ0n) is 16.5. The summed E-state index contributed by atoms with van der Waals surface area (Å²) in [7, 11) is 0. The summed E-state index contributed by atoms with van der Waals surface area (Å²) < 4.78 is 40.2. The number of β-amino-alcohol motifs (C(OH)–C–C–N with tert-alkyl or cyclic N) is 1. The van der Waals surface area contributed by atoms with Crippen molar-refractivity contribution in [1.82, 2.24) is 19.8 Å². The maximum absolute atomic E-state index is 12.9. The summed E-state index contributed by atoms with van der Waals surface area (Å²) in [4.78, 5) is 18.7. The number of nitrogens with one attached hydrogen (secondary N) is 1. The molecule has 0 saturated heterocycles. The van der Waals surface area contributed by atoms with E-state index in [-0.39, 0.29) is 31.6 Å². The molecule has 0 radical (unpaired) electrons. The van der Waals surface area contributed by atoms with Crippen molar-refractivity contribution >= 4 is 5.91 Å². The first-order valence-corrected chi connectivity index (χ1v) is 10.2. The van der Waals surface area contributed by atoms with Gasteiger partial charge in [0, 0.05) is 45.3 Å². The minimum Gasteiger partial charge on any atom is -0.390 e. The number of fused-ring (bicyclic) bond motifs is 2. The minimum atomic E-state index is -4.25. The van der Waals surface area contributed by atoms with Gasteiger partial charge in [0.15, 0.2) is 0 Å². The van der Waals surface area contributed by atoms with E-state index in [2.05, 4.69) is 27.3 Å². The Morgan fingerprint density at radius 3 is 2.80 bits per heavy atom. The molecule has 0 fully saturated rings. The SMILES string of the molecule is O=C(NCC(O)CN1CCc2ccccc2C1)c1cn2c(n1)CC[C@H](C(F)(F)F)C2. The Hall–Kier alpha value is -2.39. The van der Waals surface area contributed by atoms with Crippen LogP contribution in [0.5, 0.6) is 0 Å². The second-order valence-electron chi connectivity index (χ2n) is 8.09. The van der Waals surface area contributed by atoms with Crippen molar-refractivity contribution in [3.63, 3.8) is 0 Å². The Morgan fingerprint density at radius 2 is 2.03 bits per heavy atom. The maximum atomic E-state index is 12.9. The van der Waals surface area contributed by atoms with Gasteiger partial charge in [0.2, 0.25) is 0 Å². The highest BCUT2D eigenvalue weighted by molar-refractivity contribution is 5.92. The van der Waals surface area contributed by atoms with Gasteiger partial charge in [-0.2, -0.15) is 13.2 Å². The molecule has 2 aromatic rings. The van der Waals surface area contributed by atoms with E-state index in [0.29, 0.717) is 12.4 Å². The van der Waals surface area contributed by atoms with Gasteiger partial charge in [-0.3, -0.25) is 9.69 Å². The van der Waals surface area contributed by atoms with Crippen molar-refractivity contribution in [2.24, 2.45) is 5.92 Å². The molecule has 0 saturated carbocycles. The average Bonchev–Trinajstić information content (AvgIpc) is 3.15. The molecule has 1 unspecified atom stereocenters. The predicted molar refractivity (Wildman–Crippen MR) is 104 cm³/mol. The van der Waals surface area contributed by atoms with E-state index in [1.54, 1.807) is 0 Å². The van der Waals surface area contributed by atoms with E-state index < -0.39 is 24.1 Å². The molecule has 2 aliphatic rings. The van der Waals surface area contributed by atoms with E-state index >= 15 is 0 Å². The van der Waals surface area contributed by atoms with E-state index in [4.69, 9.17) is 0 Å². The third-order valence-electron chi connectivity index (χ3n) is 5.87. The second kappa shape index (κ2) is 8.39. The number of carbonyl (C=O) groups is 1. The summed E-state index contributed by atoms with van der Waals surface area (Å²) in [6, 6.07) is 8.22. The normalized spacial score (nSPS) is 20.3. The fourth-order valence-electron chi connectivity index (χ4n) is 4.19. The van der Waals surface area contributed by atoms with E-state index in [1.807, 2.05) is 12.1 Å². The van der Waals surface area contributed by atoms with Crippen molar-refractivity contribution in [3.8, 4) is 0 Å². The van der Waals surface area contributed by atoms with Gasteiger partial charge >= 0.3 is 6.18 Å². The van der Waals surface area contributed by atoms with Crippen LogP contribution >= 0.6 is 0 Å². The van der Waals surface area contributed by atoms with Crippen molar-refractivity contribution in [2.45, 2.75) is 44.6 Å². The van der Waals surface area contributed by atoms with Crippen LogP contribution in [0.2, 0.25) is 0 Å². The molecule has 0 spiro atoms. The second-order valence-corrected chi connectivity index (χ2v) is 8.09. The lowest BCUT2D eigenvalue weighted by atomic mass is 9.99. The van der Waals surface area contributed by atoms with Crippen LogP contribution in [0.4, 0.5) is 13.2 Å². The number of alkyl halides is 3. The lowest BCUT2D eigenvalue weighted by Gasteiger charge is -2.30. The standard InChI is InChI=1S/C21H25F3N4O2/c22-21(23,24)16-5-6-19-26-18(13-28(19)11-16)20(30)25-9-17(29)12-27-8-7-14-3-1-2-4-15(14)10-27/h1-4,13,16-17,29H,5-12H2,(H,25,30)/t16-,17?/m0/s1. The maximum Gasteiger partial charge on any atom is 0.393 e. The molecule has 30 heavy (non-hydrogen) atoms. The summed E-state index contributed by atoms with van der Waals surface area (Å²) in [5.74, 6) is -1.40. The van der Waals surface area contributed by atoms with Gasteiger partial charge in [0.25, 0.3) is 5.91 Å². The topological polar surface area (TPSA) is 70.4 Å². The molecule has 2 atom stereocenters. The monoisotopic (exact) mass is 422 g/mol. The number of aromatic nitrogens is 2. The molecule has 2 N–H and O–H groups in total. The van der Waals surface area contributed by atoms with Crippen molar-refractivity contribution in [2.75, 3.05) is 19.6 Å². The highest BCUT2D eigenvalue weighted by Gasteiger charge is 2.41. The highest BCUT2D eigenvalue weighted by Crippen LogP contribution is 2.34. The zero-order valence-corrected chi connectivity index (χ0v) is 16.5. The van der Waals surface area contributed by atoms with Crippen molar-refractivity contribution in [1.29, 1.82) is 0 Å². The molecular formula is C21H25F3N4O2. The quantitative estimate of drug-likeness (QED) is 0.775. The number of halogens is 3. The number of nitrogens with zero attached hydrogens (tertiary/aromatic N) is 3. The van der Waals surface area contributed by atoms with Crippen LogP contribution < -0.4 is 5.32 Å². The van der Waals surface area contributed by atoms with Gasteiger partial charge in [-0.05, 0) is 24.0 Å². The minimum absolute atomic E-state index is 0.0146. The van der Waals surface area contributed by atoms with E-state index in [1.165, 1.54) is 21.9 Å². The Morgan fingerprint density at radius 1 is 1.27 bits per heavy atom. The number of rotatable bonds is 5. The van der Waals surface area contributed by atoms with Crippen LogP contribution in [0.15, 0.2) is 30.5 Å². The molecule has 1 amide bonds. The number of aliphatic hydroxyl groups is 1. The Kier molecular flexibility index (Phi) is 5.84. The molecule has 1 aromatic carbocycles. The number of amides is 1. The predicted octanol–water partition coefficient (Wildman–Crippen LogP) is 2.16. The molecule has 162 valence electrons. The van der Waals surface area contributed by atoms with Crippen LogP contribution in [-0.4, -0.2) is 57.4 Å². The number of imidazole rings is 1. The number of benzene rings is 1. The summed E-state index contributed by atoms with van der Waals surface area (Å²) in [6.45, 7) is 1.88. The number of hydrogen-bond acceptors (Lipinski definition) is 4. The third-order valence-corrected chi connectivity index (χ3v) is 5.87. The average molecular weight is 422 g/mol. The molecule has 0 bridgehead atoms. The van der Waals surface area contributed by atoms with Gasteiger partial charge in [-0.15, -0.1) is 0 Å². The summed E-state index contributed by atoms with van der Waals surface area (Å²) in [6.07, 6.45) is -2.52. The van der Waals surface area contributed by atoms with Gasteiger partial charge in [0.05, 0.1) is 12.0 Å². The van der Waals surface area contributed by atoms with Gasteiger partial charge in [-0.1, -0.05) is 24.3 Å².